The predicted molar refractivity (Wildman–Crippen MR) is 129 cm³/mol. The van der Waals surface area contributed by atoms with E-state index in [1.807, 2.05) is 6.92 Å². The number of nitrogens with zero attached hydrogens (tertiary/aromatic N) is 2. The first-order chi connectivity index (χ1) is 17.9. The van der Waals surface area contributed by atoms with Gasteiger partial charge in [-0.2, -0.15) is 17.5 Å². The first-order valence-corrected chi connectivity index (χ1v) is 13.3. The Labute approximate surface area is 216 Å². The molecule has 1 aliphatic heterocycles. The average Bonchev–Trinajstić information content (AvgIpc) is 3.39. The number of rotatable bonds is 7. The van der Waals surface area contributed by atoms with Gasteiger partial charge in [0.15, 0.2) is 11.6 Å². The van der Waals surface area contributed by atoms with E-state index < -0.39 is 50.2 Å². The third-order valence-electron chi connectivity index (χ3n) is 6.39. The summed E-state index contributed by atoms with van der Waals surface area (Å²) in [6, 6.07) is 7.62. The molecule has 1 N–H and O–H groups in total. The Kier molecular flexibility index (Phi) is 7.84. The normalized spacial score (nSPS) is 16.5. The van der Waals surface area contributed by atoms with E-state index in [4.69, 9.17) is 0 Å². The molecule has 1 fully saturated rings. The van der Waals surface area contributed by atoms with Gasteiger partial charge in [-0.05, 0) is 72.4 Å². The number of pyridine rings is 1. The molecule has 4 rings (SSSR count). The number of carbonyl (C=O) groups is 1. The molecule has 1 atom stereocenters. The van der Waals surface area contributed by atoms with Crippen molar-refractivity contribution < 1.29 is 35.2 Å². The molecule has 1 aromatic heterocycles. The molecule has 2 aromatic carbocycles. The van der Waals surface area contributed by atoms with Gasteiger partial charge in [0.25, 0.3) is 0 Å². The molecule has 0 radical (unpaired) electrons. The fourth-order valence-electron chi connectivity index (χ4n) is 4.37. The summed E-state index contributed by atoms with van der Waals surface area (Å²) in [5, 5.41) is 2.67. The Bertz CT molecular complexity index is 1440. The second-order valence-electron chi connectivity index (χ2n) is 8.83. The lowest BCUT2D eigenvalue weighted by atomic mass is 9.98. The summed E-state index contributed by atoms with van der Waals surface area (Å²) in [5.41, 5.74) is 1.70. The second kappa shape index (κ2) is 10.8. The Morgan fingerprint density at radius 2 is 1.79 bits per heavy atom. The zero-order valence-corrected chi connectivity index (χ0v) is 21.0. The van der Waals surface area contributed by atoms with Crippen LogP contribution in [0.2, 0.25) is 0 Å². The number of benzene rings is 2. The van der Waals surface area contributed by atoms with Crippen LogP contribution in [-0.4, -0.2) is 36.2 Å². The van der Waals surface area contributed by atoms with Crippen LogP contribution in [0.4, 0.5) is 22.0 Å². The Morgan fingerprint density at radius 3 is 2.42 bits per heavy atom. The fourth-order valence-corrected chi connectivity index (χ4v) is 6.04. The first-order valence-electron chi connectivity index (χ1n) is 11.8. The summed E-state index contributed by atoms with van der Waals surface area (Å²) in [5.74, 6) is -3.07. The molecular formula is C26H24F5N3O3S. The molecule has 0 aliphatic carbocycles. The number of halogens is 5. The van der Waals surface area contributed by atoms with Crippen LogP contribution in [0.1, 0.15) is 36.6 Å². The maximum atomic E-state index is 13.6. The Hall–Kier alpha value is -3.38. The van der Waals surface area contributed by atoms with E-state index >= 15 is 0 Å². The molecule has 1 saturated heterocycles. The molecule has 3 aromatic rings. The van der Waals surface area contributed by atoms with E-state index in [9.17, 15) is 35.2 Å². The van der Waals surface area contributed by atoms with E-state index in [1.165, 1.54) is 12.1 Å². The van der Waals surface area contributed by atoms with Gasteiger partial charge in [-0.15, -0.1) is 0 Å². The van der Waals surface area contributed by atoms with Gasteiger partial charge in [0.2, 0.25) is 15.9 Å². The zero-order chi connectivity index (χ0) is 27.7. The summed E-state index contributed by atoms with van der Waals surface area (Å²) in [6.07, 6.45) is -1.64. The van der Waals surface area contributed by atoms with Gasteiger partial charge in [-0.3, -0.25) is 9.78 Å². The molecule has 2 heterocycles. The largest absolute Gasteiger partial charge is 0.416 e. The van der Waals surface area contributed by atoms with Crippen molar-refractivity contribution >= 4 is 15.9 Å². The lowest BCUT2D eigenvalue weighted by Crippen LogP contribution is -2.45. The van der Waals surface area contributed by atoms with Crippen molar-refractivity contribution in [3.63, 3.8) is 0 Å². The molecule has 0 spiro atoms. The van der Waals surface area contributed by atoms with Crippen molar-refractivity contribution in [3.8, 4) is 11.1 Å². The number of sulfonamides is 1. The van der Waals surface area contributed by atoms with E-state index in [0.29, 0.717) is 41.8 Å². The number of alkyl halides is 3. The van der Waals surface area contributed by atoms with Crippen molar-refractivity contribution in [2.24, 2.45) is 0 Å². The average molecular weight is 554 g/mol. The van der Waals surface area contributed by atoms with E-state index in [0.717, 1.165) is 28.1 Å². The van der Waals surface area contributed by atoms with Crippen molar-refractivity contribution in [2.45, 2.75) is 49.8 Å². The van der Waals surface area contributed by atoms with Crippen molar-refractivity contribution in [3.05, 3.63) is 83.2 Å². The van der Waals surface area contributed by atoms with E-state index in [2.05, 4.69) is 10.3 Å². The lowest BCUT2D eigenvalue weighted by Gasteiger charge is -2.23. The van der Waals surface area contributed by atoms with Gasteiger partial charge in [0.1, 0.15) is 6.04 Å². The maximum Gasteiger partial charge on any atom is 0.416 e. The number of hydrogen-bond acceptors (Lipinski definition) is 4. The molecule has 1 unspecified atom stereocenters. The molecular weight excluding hydrogens is 529 g/mol. The predicted octanol–water partition coefficient (Wildman–Crippen LogP) is 5.08. The van der Waals surface area contributed by atoms with Crippen LogP contribution in [0, 0.1) is 11.6 Å². The standard InChI is InChI=1S/C26H24F5N3O3S/c1-2-16-14-32-19(12-21(16)17-5-7-18(8-6-17)26(29,30)31)15-33-25(35)24-4-3-11-34(24)38(36,37)20-9-10-22(27)23(28)13-20/h5-10,12-14,24H,2-4,11,15H2,1H3,(H,33,35). The molecule has 202 valence electrons. The highest BCUT2D eigenvalue weighted by Gasteiger charge is 2.39. The van der Waals surface area contributed by atoms with Crippen molar-refractivity contribution in [2.75, 3.05) is 6.54 Å². The molecule has 1 amide bonds. The number of carbonyl (C=O) groups excluding carboxylic acids is 1. The van der Waals surface area contributed by atoms with Crippen LogP contribution in [-0.2, 0) is 34.0 Å². The van der Waals surface area contributed by atoms with Gasteiger partial charge in [0.05, 0.1) is 22.7 Å². The quantitative estimate of drug-likeness (QED) is 0.414. The third kappa shape index (κ3) is 5.70. The zero-order valence-electron chi connectivity index (χ0n) is 20.2. The smallest absolute Gasteiger partial charge is 0.349 e. The van der Waals surface area contributed by atoms with Crippen LogP contribution in [0.15, 0.2) is 59.6 Å². The van der Waals surface area contributed by atoms with Gasteiger partial charge in [0, 0.05) is 12.7 Å². The van der Waals surface area contributed by atoms with Gasteiger partial charge in [-0.25, -0.2) is 17.2 Å². The number of aromatic nitrogens is 1. The monoisotopic (exact) mass is 553 g/mol. The van der Waals surface area contributed by atoms with Gasteiger partial charge >= 0.3 is 6.18 Å². The molecule has 38 heavy (non-hydrogen) atoms. The van der Waals surface area contributed by atoms with Crippen LogP contribution in [0.5, 0.6) is 0 Å². The highest BCUT2D eigenvalue weighted by molar-refractivity contribution is 7.89. The summed E-state index contributed by atoms with van der Waals surface area (Å²) in [6.45, 7) is 1.88. The number of aryl methyl sites for hydroxylation is 1. The number of amides is 1. The molecule has 0 bridgehead atoms. The second-order valence-corrected chi connectivity index (χ2v) is 10.7. The van der Waals surface area contributed by atoms with Gasteiger partial charge in [-0.1, -0.05) is 19.1 Å². The summed E-state index contributed by atoms with van der Waals surface area (Å²) in [7, 11) is -4.25. The topological polar surface area (TPSA) is 79.4 Å². The molecule has 0 saturated carbocycles. The summed E-state index contributed by atoms with van der Waals surface area (Å²) >= 11 is 0. The van der Waals surface area contributed by atoms with Crippen molar-refractivity contribution in [1.82, 2.24) is 14.6 Å². The van der Waals surface area contributed by atoms with Crippen LogP contribution < -0.4 is 5.32 Å². The highest BCUT2D eigenvalue weighted by Crippen LogP contribution is 2.32. The van der Waals surface area contributed by atoms with E-state index in [-0.39, 0.29) is 19.5 Å². The third-order valence-corrected chi connectivity index (χ3v) is 8.30. The minimum absolute atomic E-state index is 0.0426. The SMILES string of the molecule is CCc1cnc(CNC(=O)C2CCCN2S(=O)(=O)c2ccc(F)c(F)c2)cc1-c1ccc(C(F)(F)F)cc1. The minimum atomic E-state index is -4.45. The number of nitrogens with one attached hydrogen (secondary N) is 1. The van der Waals surface area contributed by atoms with Crippen LogP contribution in [0.25, 0.3) is 11.1 Å². The number of hydrogen-bond donors (Lipinski definition) is 1. The molecule has 6 nitrogen and oxygen atoms in total. The first kappa shape index (κ1) is 27.6. The van der Waals surface area contributed by atoms with Crippen molar-refractivity contribution in [1.29, 1.82) is 0 Å². The highest BCUT2D eigenvalue weighted by atomic mass is 32.2. The van der Waals surface area contributed by atoms with E-state index in [1.54, 1.807) is 12.3 Å². The summed E-state index contributed by atoms with van der Waals surface area (Å²) in [4.78, 5) is 16.8. The Morgan fingerprint density at radius 1 is 1.08 bits per heavy atom. The maximum absolute atomic E-state index is 13.6. The van der Waals surface area contributed by atoms with Gasteiger partial charge < -0.3 is 5.32 Å². The fraction of sp³-hybridized carbons (Fsp3) is 0.308. The van der Waals surface area contributed by atoms with Crippen LogP contribution in [0.3, 0.4) is 0 Å². The van der Waals surface area contributed by atoms with Crippen LogP contribution >= 0.6 is 0 Å². The molecule has 12 heteroatoms. The minimum Gasteiger partial charge on any atom is -0.349 e. The summed E-state index contributed by atoms with van der Waals surface area (Å²) < 4.78 is 92.8. The Balaban J connectivity index is 1.50. The molecule has 1 aliphatic rings. The lowest BCUT2D eigenvalue weighted by molar-refractivity contribution is -0.137.